The summed E-state index contributed by atoms with van der Waals surface area (Å²) >= 11 is 17.6. The SMILES string of the molecule is CC(C)(CC1Cc2ccccc2C1)NC[C@@H](O)COc1cc(Cl)c(Cl)c(/C=C/C(=O)Cl)c1. The predicted molar refractivity (Wildman–Crippen MR) is 132 cm³/mol. The Bertz CT molecular complexity index is 965. The van der Waals surface area contributed by atoms with Gasteiger partial charge in [-0.25, -0.2) is 0 Å². The van der Waals surface area contributed by atoms with Crippen LogP contribution in [0.1, 0.15) is 37.0 Å². The second kappa shape index (κ2) is 11.0. The molecule has 1 atom stereocenters. The predicted octanol–water partition coefficient (Wildman–Crippen LogP) is 5.69. The summed E-state index contributed by atoms with van der Waals surface area (Å²) in [6.07, 6.45) is 5.20. The summed E-state index contributed by atoms with van der Waals surface area (Å²) in [5.41, 5.74) is 3.30. The molecule has 2 N–H and O–H groups in total. The van der Waals surface area contributed by atoms with Gasteiger partial charge in [-0.3, -0.25) is 4.79 Å². The van der Waals surface area contributed by atoms with Crippen LogP contribution in [0.5, 0.6) is 5.75 Å². The number of carbonyl (C=O) groups is 1. The van der Waals surface area contributed by atoms with Crippen molar-refractivity contribution in [2.75, 3.05) is 13.2 Å². The lowest BCUT2D eigenvalue weighted by molar-refractivity contribution is -0.107. The van der Waals surface area contributed by atoms with Crippen molar-refractivity contribution in [2.45, 2.75) is 44.8 Å². The van der Waals surface area contributed by atoms with Crippen LogP contribution in [0.2, 0.25) is 10.0 Å². The molecule has 0 unspecified atom stereocenters. The van der Waals surface area contributed by atoms with E-state index in [2.05, 4.69) is 43.4 Å². The van der Waals surface area contributed by atoms with E-state index in [4.69, 9.17) is 39.5 Å². The van der Waals surface area contributed by atoms with E-state index in [1.54, 1.807) is 12.1 Å². The maximum atomic E-state index is 11.0. The molecule has 0 bridgehead atoms. The van der Waals surface area contributed by atoms with Crippen molar-refractivity contribution in [3.8, 4) is 5.75 Å². The fourth-order valence-corrected chi connectivity index (χ4v) is 4.63. The minimum Gasteiger partial charge on any atom is -0.491 e. The Morgan fingerprint density at radius 2 is 1.91 bits per heavy atom. The highest BCUT2D eigenvalue weighted by Crippen LogP contribution is 2.33. The minimum absolute atomic E-state index is 0.0908. The molecule has 4 nitrogen and oxygen atoms in total. The molecular formula is C25H28Cl3NO3. The molecule has 1 aliphatic rings. The third-order valence-corrected chi connectivity index (χ3v) is 6.56. The second-order valence-corrected chi connectivity index (χ2v) is 10.1. The van der Waals surface area contributed by atoms with Gasteiger partial charge in [0.2, 0.25) is 5.24 Å². The molecule has 0 saturated carbocycles. The van der Waals surface area contributed by atoms with Crippen molar-refractivity contribution < 1.29 is 14.6 Å². The fourth-order valence-electron chi connectivity index (χ4n) is 4.18. The molecule has 0 fully saturated rings. The van der Waals surface area contributed by atoms with Crippen LogP contribution in [0.3, 0.4) is 0 Å². The Balaban J connectivity index is 1.48. The molecule has 0 amide bonds. The van der Waals surface area contributed by atoms with Crippen molar-refractivity contribution in [3.05, 3.63) is 69.2 Å². The Labute approximate surface area is 204 Å². The van der Waals surface area contributed by atoms with E-state index in [0.717, 1.165) is 19.3 Å². The van der Waals surface area contributed by atoms with Gasteiger partial charge in [0.25, 0.3) is 0 Å². The topological polar surface area (TPSA) is 58.6 Å². The van der Waals surface area contributed by atoms with E-state index in [0.29, 0.717) is 28.8 Å². The molecule has 0 spiro atoms. The van der Waals surface area contributed by atoms with Gasteiger partial charge < -0.3 is 15.2 Å². The summed E-state index contributed by atoms with van der Waals surface area (Å²) in [5, 5.41) is 13.9. The summed E-state index contributed by atoms with van der Waals surface area (Å²) in [5.74, 6) is 1.05. The van der Waals surface area contributed by atoms with Crippen molar-refractivity contribution in [2.24, 2.45) is 5.92 Å². The number of halogens is 3. The van der Waals surface area contributed by atoms with Crippen LogP contribution in [0, 0.1) is 5.92 Å². The third kappa shape index (κ3) is 7.23. The molecule has 2 aromatic rings. The number of aliphatic hydroxyl groups is 1. The first-order valence-corrected chi connectivity index (χ1v) is 11.8. The number of benzene rings is 2. The number of hydrogen-bond donors (Lipinski definition) is 2. The molecule has 0 aromatic heterocycles. The molecule has 0 radical (unpaired) electrons. The molecule has 32 heavy (non-hydrogen) atoms. The van der Waals surface area contributed by atoms with E-state index in [1.807, 2.05) is 0 Å². The lowest BCUT2D eigenvalue weighted by atomic mass is 9.88. The number of aliphatic hydroxyl groups excluding tert-OH is 1. The lowest BCUT2D eigenvalue weighted by Gasteiger charge is -2.30. The normalized spacial score (nSPS) is 15.2. The van der Waals surface area contributed by atoms with Crippen molar-refractivity contribution in [1.82, 2.24) is 5.32 Å². The second-order valence-electron chi connectivity index (χ2n) is 8.92. The summed E-state index contributed by atoms with van der Waals surface area (Å²) in [6, 6.07) is 11.9. The number of allylic oxidation sites excluding steroid dienone is 1. The molecular weight excluding hydrogens is 469 g/mol. The smallest absolute Gasteiger partial charge is 0.245 e. The van der Waals surface area contributed by atoms with Crippen molar-refractivity contribution in [3.63, 3.8) is 0 Å². The number of β-amino-alcohol motifs (C(OH)–C–C–N with tert-alkyl or cyclic N) is 1. The highest BCUT2D eigenvalue weighted by molar-refractivity contribution is 6.66. The Kier molecular flexibility index (Phi) is 8.65. The monoisotopic (exact) mass is 495 g/mol. The van der Waals surface area contributed by atoms with Crippen LogP contribution in [-0.2, 0) is 17.6 Å². The van der Waals surface area contributed by atoms with Crippen molar-refractivity contribution >= 4 is 46.1 Å². The van der Waals surface area contributed by atoms with Crippen LogP contribution in [-0.4, -0.2) is 35.1 Å². The standard InChI is InChI=1S/C25H28Cl3NO3/c1-25(2,13-16-9-17-5-3-4-6-18(17)10-16)29-14-20(30)15-32-21-11-19(7-8-23(27)31)24(28)22(26)12-21/h3-8,11-12,16,20,29-30H,9-10,13-15H2,1-2H3/b8-7+/t20-/m1/s1. The van der Waals surface area contributed by atoms with Crippen LogP contribution in [0.4, 0.5) is 0 Å². The molecule has 0 heterocycles. The summed E-state index contributed by atoms with van der Waals surface area (Å²) in [4.78, 5) is 11.0. The van der Waals surface area contributed by atoms with Crippen molar-refractivity contribution in [1.29, 1.82) is 0 Å². The molecule has 0 aliphatic heterocycles. The molecule has 2 aromatic carbocycles. The number of ether oxygens (including phenoxy) is 1. The Morgan fingerprint density at radius 3 is 2.53 bits per heavy atom. The van der Waals surface area contributed by atoms with Crippen LogP contribution >= 0.6 is 34.8 Å². The highest BCUT2D eigenvalue weighted by atomic mass is 35.5. The van der Waals surface area contributed by atoms with Gasteiger partial charge in [-0.15, -0.1) is 0 Å². The van der Waals surface area contributed by atoms with Gasteiger partial charge in [0, 0.05) is 18.2 Å². The number of hydrogen-bond acceptors (Lipinski definition) is 4. The van der Waals surface area contributed by atoms with Gasteiger partial charge >= 0.3 is 0 Å². The van der Waals surface area contributed by atoms with Gasteiger partial charge in [0.05, 0.1) is 10.0 Å². The Morgan fingerprint density at radius 1 is 1.25 bits per heavy atom. The summed E-state index contributed by atoms with van der Waals surface area (Å²) in [6.45, 7) is 4.83. The van der Waals surface area contributed by atoms with E-state index in [1.165, 1.54) is 23.3 Å². The number of fused-ring (bicyclic) bond motifs is 1. The third-order valence-electron chi connectivity index (χ3n) is 5.62. The van der Waals surface area contributed by atoms with Gasteiger partial charge in [0.1, 0.15) is 18.5 Å². The summed E-state index contributed by atoms with van der Waals surface area (Å²) in [7, 11) is 0. The van der Waals surface area contributed by atoms with Gasteiger partial charge in [0.15, 0.2) is 0 Å². The average Bonchev–Trinajstić information content (AvgIpc) is 3.13. The van der Waals surface area contributed by atoms with E-state index < -0.39 is 11.3 Å². The number of nitrogens with one attached hydrogen (secondary N) is 1. The summed E-state index contributed by atoms with van der Waals surface area (Å²) < 4.78 is 5.71. The van der Waals surface area contributed by atoms with E-state index >= 15 is 0 Å². The molecule has 0 saturated heterocycles. The van der Waals surface area contributed by atoms with Crippen LogP contribution in [0.15, 0.2) is 42.5 Å². The average molecular weight is 497 g/mol. The number of rotatable bonds is 10. The Hall–Kier alpha value is -1.56. The number of carbonyl (C=O) groups excluding carboxylic acids is 1. The first-order valence-electron chi connectivity index (χ1n) is 10.6. The lowest BCUT2D eigenvalue weighted by Crippen LogP contribution is -2.46. The maximum Gasteiger partial charge on any atom is 0.245 e. The van der Waals surface area contributed by atoms with Gasteiger partial charge in [-0.2, -0.15) is 0 Å². The highest BCUT2D eigenvalue weighted by Gasteiger charge is 2.28. The zero-order valence-corrected chi connectivity index (χ0v) is 20.5. The van der Waals surface area contributed by atoms with E-state index in [-0.39, 0.29) is 17.2 Å². The largest absolute Gasteiger partial charge is 0.491 e. The first-order chi connectivity index (χ1) is 15.1. The molecule has 7 heteroatoms. The van der Waals surface area contributed by atoms with Gasteiger partial charge in [-0.05, 0) is 85.5 Å². The van der Waals surface area contributed by atoms with E-state index in [9.17, 15) is 9.90 Å². The van der Waals surface area contributed by atoms with Crippen LogP contribution in [0.25, 0.3) is 6.08 Å². The van der Waals surface area contributed by atoms with Gasteiger partial charge in [-0.1, -0.05) is 47.5 Å². The fraction of sp³-hybridized carbons (Fsp3) is 0.400. The van der Waals surface area contributed by atoms with Crippen LogP contribution < -0.4 is 10.1 Å². The minimum atomic E-state index is -0.701. The maximum absolute atomic E-state index is 11.0. The zero-order chi connectivity index (χ0) is 23.3. The quantitative estimate of drug-likeness (QED) is 0.328. The first kappa shape index (κ1) is 25.1. The molecule has 1 aliphatic carbocycles. The molecule has 3 rings (SSSR count). The molecule has 172 valence electrons. The zero-order valence-electron chi connectivity index (χ0n) is 18.2.